The van der Waals surface area contributed by atoms with Gasteiger partial charge in [-0.3, -0.25) is 9.78 Å². The molecular formula is C15H17N3O2. The molecule has 0 saturated heterocycles. The quantitative estimate of drug-likeness (QED) is 0.833. The predicted molar refractivity (Wildman–Crippen MR) is 77.6 cm³/mol. The first-order valence-electron chi connectivity index (χ1n) is 6.24. The molecule has 1 aromatic heterocycles. The van der Waals surface area contributed by atoms with Gasteiger partial charge in [0.2, 0.25) is 0 Å². The molecule has 0 saturated carbocycles. The predicted octanol–water partition coefficient (Wildman–Crippen LogP) is 1.91. The summed E-state index contributed by atoms with van der Waals surface area (Å²) in [5.74, 6) is 0.261. The molecule has 0 spiro atoms. The van der Waals surface area contributed by atoms with Gasteiger partial charge in [-0.1, -0.05) is 12.1 Å². The van der Waals surface area contributed by atoms with Gasteiger partial charge in [0.1, 0.15) is 5.75 Å². The standard InChI is InChI=1S/C15H17N3O2/c1-10-6-7-11(8-17-10)9-18-15(19)12-4-3-5-13(20-2)14(12)16/h3-8H,9,16H2,1-2H3,(H,18,19). The third-order valence-electron chi connectivity index (χ3n) is 2.96. The van der Waals surface area contributed by atoms with E-state index < -0.39 is 0 Å². The third-order valence-corrected chi connectivity index (χ3v) is 2.96. The molecule has 3 N–H and O–H groups in total. The summed E-state index contributed by atoms with van der Waals surface area (Å²) in [6.07, 6.45) is 1.74. The van der Waals surface area contributed by atoms with Crippen molar-refractivity contribution in [2.75, 3.05) is 12.8 Å². The largest absolute Gasteiger partial charge is 0.495 e. The Morgan fingerprint density at radius 2 is 2.15 bits per heavy atom. The molecule has 104 valence electrons. The number of para-hydroxylation sites is 1. The number of methoxy groups -OCH3 is 1. The van der Waals surface area contributed by atoms with Gasteiger partial charge in [0.05, 0.1) is 18.4 Å². The van der Waals surface area contributed by atoms with E-state index in [4.69, 9.17) is 10.5 Å². The number of amides is 1. The summed E-state index contributed by atoms with van der Waals surface area (Å²) in [6.45, 7) is 2.32. The molecule has 0 unspecified atom stereocenters. The number of carbonyl (C=O) groups excluding carboxylic acids is 1. The SMILES string of the molecule is COc1cccc(C(=O)NCc2ccc(C)nc2)c1N. The lowest BCUT2D eigenvalue weighted by atomic mass is 10.1. The van der Waals surface area contributed by atoms with E-state index in [-0.39, 0.29) is 5.91 Å². The number of nitrogens with two attached hydrogens (primary N) is 1. The van der Waals surface area contributed by atoms with Crippen LogP contribution in [-0.2, 0) is 6.54 Å². The summed E-state index contributed by atoms with van der Waals surface area (Å²) in [4.78, 5) is 16.3. The van der Waals surface area contributed by atoms with Crippen LogP contribution in [0.3, 0.4) is 0 Å². The number of nitrogens with one attached hydrogen (secondary N) is 1. The number of hydrogen-bond acceptors (Lipinski definition) is 4. The van der Waals surface area contributed by atoms with Gasteiger partial charge >= 0.3 is 0 Å². The second-order valence-corrected chi connectivity index (χ2v) is 4.41. The van der Waals surface area contributed by atoms with Crippen LogP contribution in [0.15, 0.2) is 36.5 Å². The van der Waals surface area contributed by atoms with Gasteiger partial charge in [0.15, 0.2) is 0 Å². The first kappa shape index (κ1) is 13.9. The van der Waals surface area contributed by atoms with Crippen molar-refractivity contribution >= 4 is 11.6 Å². The Morgan fingerprint density at radius 3 is 2.80 bits per heavy atom. The fourth-order valence-electron chi connectivity index (χ4n) is 1.80. The van der Waals surface area contributed by atoms with E-state index in [2.05, 4.69) is 10.3 Å². The molecule has 20 heavy (non-hydrogen) atoms. The molecule has 0 aliphatic rings. The van der Waals surface area contributed by atoms with Gasteiger partial charge in [0, 0.05) is 18.4 Å². The number of rotatable bonds is 4. The molecule has 2 rings (SSSR count). The molecule has 1 aromatic carbocycles. The van der Waals surface area contributed by atoms with E-state index in [0.717, 1.165) is 11.3 Å². The smallest absolute Gasteiger partial charge is 0.253 e. The van der Waals surface area contributed by atoms with Crippen LogP contribution in [0, 0.1) is 6.92 Å². The number of benzene rings is 1. The summed E-state index contributed by atoms with van der Waals surface area (Å²) < 4.78 is 5.10. The number of nitrogens with zero attached hydrogens (tertiary/aromatic N) is 1. The lowest BCUT2D eigenvalue weighted by molar-refractivity contribution is 0.0951. The molecular weight excluding hydrogens is 254 g/mol. The highest BCUT2D eigenvalue weighted by Gasteiger charge is 2.12. The molecule has 5 nitrogen and oxygen atoms in total. The van der Waals surface area contributed by atoms with Crippen LogP contribution in [-0.4, -0.2) is 18.0 Å². The minimum Gasteiger partial charge on any atom is -0.495 e. The highest BCUT2D eigenvalue weighted by atomic mass is 16.5. The van der Waals surface area contributed by atoms with Gasteiger partial charge in [-0.25, -0.2) is 0 Å². The molecule has 0 aliphatic carbocycles. The van der Waals surface area contributed by atoms with Gasteiger partial charge in [-0.05, 0) is 30.7 Å². The topological polar surface area (TPSA) is 77.2 Å². The maximum Gasteiger partial charge on any atom is 0.253 e. The number of aryl methyl sites for hydroxylation is 1. The lowest BCUT2D eigenvalue weighted by Crippen LogP contribution is -2.24. The van der Waals surface area contributed by atoms with Crippen molar-refractivity contribution in [1.82, 2.24) is 10.3 Å². The van der Waals surface area contributed by atoms with Crippen LogP contribution < -0.4 is 15.8 Å². The summed E-state index contributed by atoms with van der Waals surface area (Å²) in [7, 11) is 1.52. The van der Waals surface area contributed by atoms with E-state index >= 15 is 0 Å². The molecule has 1 amide bonds. The fraction of sp³-hybridized carbons (Fsp3) is 0.200. The first-order valence-corrected chi connectivity index (χ1v) is 6.24. The highest BCUT2D eigenvalue weighted by Crippen LogP contribution is 2.24. The van der Waals surface area contributed by atoms with Gasteiger partial charge < -0.3 is 15.8 Å². The van der Waals surface area contributed by atoms with Gasteiger partial charge in [-0.15, -0.1) is 0 Å². The molecule has 5 heteroatoms. The van der Waals surface area contributed by atoms with E-state index in [0.29, 0.717) is 23.5 Å². The summed E-state index contributed by atoms with van der Waals surface area (Å²) >= 11 is 0. The molecule has 0 fully saturated rings. The number of aromatic nitrogens is 1. The number of ether oxygens (including phenoxy) is 1. The zero-order valence-electron chi connectivity index (χ0n) is 11.5. The average Bonchev–Trinajstić information content (AvgIpc) is 2.46. The van der Waals surface area contributed by atoms with Gasteiger partial charge in [-0.2, -0.15) is 0 Å². The number of nitrogen functional groups attached to an aromatic ring is 1. The number of anilines is 1. The maximum atomic E-state index is 12.1. The Balaban J connectivity index is 2.07. The Kier molecular flexibility index (Phi) is 4.20. The van der Waals surface area contributed by atoms with E-state index in [9.17, 15) is 4.79 Å². The Bertz CT molecular complexity index is 609. The number of carbonyl (C=O) groups is 1. The zero-order chi connectivity index (χ0) is 14.5. The second-order valence-electron chi connectivity index (χ2n) is 4.41. The zero-order valence-corrected chi connectivity index (χ0v) is 11.5. The number of hydrogen-bond donors (Lipinski definition) is 2. The third kappa shape index (κ3) is 3.06. The molecule has 0 bridgehead atoms. The van der Waals surface area contributed by atoms with Crippen molar-refractivity contribution < 1.29 is 9.53 Å². The summed E-state index contributed by atoms with van der Waals surface area (Å²) in [6, 6.07) is 8.95. The van der Waals surface area contributed by atoms with Crippen molar-refractivity contribution in [2.45, 2.75) is 13.5 Å². The van der Waals surface area contributed by atoms with Crippen LogP contribution in [0.2, 0.25) is 0 Å². The van der Waals surface area contributed by atoms with Crippen molar-refractivity contribution in [3.63, 3.8) is 0 Å². The minimum atomic E-state index is -0.234. The Morgan fingerprint density at radius 1 is 1.35 bits per heavy atom. The molecule has 0 atom stereocenters. The van der Waals surface area contributed by atoms with E-state index in [1.807, 2.05) is 19.1 Å². The molecule has 0 radical (unpaired) electrons. The van der Waals surface area contributed by atoms with E-state index in [1.54, 1.807) is 24.4 Å². The highest BCUT2D eigenvalue weighted by molar-refractivity contribution is 6.00. The normalized spacial score (nSPS) is 10.1. The maximum absolute atomic E-state index is 12.1. The van der Waals surface area contributed by atoms with Crippen LogP contribution in [0.4, 0.5) is 5.69 Å². The summed E-state index contributed by atoms with van der Waals surface area (Å²) in [5, 5.41) is 2.81. The van der Waals surface area contributed by atoms with Crippen LogP contribution in [0.25, 0.3) is 0 Å². The van der Waals surface area contributed by atoms with Crippen molar-refractivity contribution in [1.29, 1.82) is 0 Å². The molecule has 1 heterocycles. The van der Waals surface area contributed by atoms with Crippen LogP contribution in [0.1, 0.15) is 21.6 Å². The monoisotopic (exact) mass is 271 g/mol. The number of pyridine rings is 1. The molecule has 2 aromatic rings. The first-order chi connectivity index (χ1) is 9.61. The van der Waals surface area contributed by atoms with Crippen molar-refractivity contribution in [3.8, 4) is 5.75 Å². The second kappa shape index (κ2) is 6.06. The lowest BCUT2D eigenvalue weighted by Gasteiger charge is -2.10. The van der Waals surface area contributed by atoms with Crippen LogP contribution >= 0.6 is 0 Å². The fourth-order valence-corrected chi connectivity index (χ4v) is 1.80. The average molecular weight is 271 g/mol. The Hall–Kier alpha value is -2.56. The minimum absolute atomic E-state index is 0.234. The van der Waals surface area contributed by atoms with Crippen LogP contribution in [0.5, 0.6) is 5.75 Å². The molecule has 0 aliphatic heterocycles. The van der Waals surface area contributed by atoms with Crippen molar-refractivity contribution in [2.24, 2.45) is 0 Å². The van der Waals surface area contributed by atoms with E-state index in [1.165, 1.54) is 7.11 Å². The van der Waals surface area contributed by atoms with Gasteiger partial charge in [0.25, 0.3) is 5.91 Å². The van der Waals surface area contributed by atoms with Crippen molar-refractivity contribution in [3.05, 3.63) is 53.3 Å². The Labute approximate surface area is 117 Å². The summed E-state index contributed by atoms with van der Waals surface area (Å²) in [5.41, 5.74) is 8.51.